The van der Waals surface area contributed by atoms with Gasteiger partial charge in [-0.05, 0) is 12.1 Å². The molecule has 106 valence electrons. The predicted octanol–water partition coefficient (Wildman–Crippen LogP) is 0.0197. The standard InChI is InChI=1S/C10H10N4O5S/c1-14-9(5-11-13-14)20(18,19)12-6-2-3-7(10(16)17)8(15)4-6/h2-5,12,15H,1H3,(H,16,17). The molecule has 1 aromatic carbocycles. The van der Waals surface area contributed by atoms with Crippen LogP contribution in [0.5, 0.6) is 5.75 Å². The zero-order valence-electron chi connectivity index (χ0n) is 10.2. The van der Waals surface area contributed by atoms with E-state index in [1.54, 1.807) is 0 Å². The van der Waals surface area contributed by atoms with E-state index in [9.17, 15) is 18.3 Å². The van der Waals surface area contributed by atoms with Crippen LogP contribution in [0.4, 0.5) is 5.69 Å². The summed E-state index contributed by atoms with van der Waals surface area (Å²) in [5.41, 5.74) is -0.302. The molecule has 0 amide bonds. The molecular weight excluding hydrogens is 288 g/mol. The van der Waals surface area contributed by atoms with Gasteiger partial charge in [-0.25, -0.2) is 9.48 Å². The first-order valence-electron chi connectivity index (χ1n) is 5.25. The SMILES string of the molecule is Cn1nncc1S(=O)(=O)Nc1ccc(C(=O)O)c(O)c1. The lowest BCUT2D eigenvalue weighted by molar-refractivity contribution is 0.0694. The summed E-state index contributed by atoms with van der Waals surface area (Å²) >= 11 is 0. The van der Waals surface area contributed by atoms with E-state index in [2.05, 4.69) is 15.0 Å². The fraction of sp³-hybridized carbons (Fsp3) is 0.100. The molecule has 0 aliphatic rings. The van der Waals surface area contributed by atoms with Crippen LogP contribution in [0.15, 0.2) is 29.4 Å². The average molecular weight is 298 g/mol. The molecule has 0 unspecified atom stereocenters. The summed E-state index contributed by atoms with van der Waals surface area (Å²) in [7, 11) is -2.51. The Labute approximate surface area is 113 Å². The van der Waals surface area contributed by atoms with E-state index < -0.39 is 21.7 Å². The molecule has 0 bridgehead atoms. The Hall–Kier alpha value is -2.62. The van der Waals surface area contributed by atoms with Crippen LogP contribution >= 0.6 is 0 Å². The van der Waals surface area contributed by atoms with Crippen molar-refractivity contribution in [1.82, 2.24) is 15.0 Å². The molecule has 20 heavy (non-hydrogen) atoms. The number of aromatic carboxylic acids is 1. The van der Waals surface area contributed by atoms with Crippen molar-refractivity contribution in [3.63, 3.8) is 0 Å². The Morgan fingerprint density at radius 1 is 1.40 bits per heavy atom. The van der Waals surface area contributed by atoms with Gasteiger partial charge in [0.15, 0.2) is 5.03 Å². The topological polar surface area (TPSA) is 134 Å². The summed E-state index contributed by atoms with van der Waals surface area (Å²) in [6.45, 7) is 0. The maximum atomic E-state index is 12.0. The Kier molecular flexibility index (Phi) is 3.32. The van der Waals surface area contributed by atoms with Gasteiger partial charge in [0.2, 0.25) is 0 Å². The first-order chi connectivity index (χ1) is 9.31. The second-order valence-electron chi connectivity index (χ2n) is 3.84. The molecule has 0 spiro atoms. The van der Waals surface area contributed by atoms with Gasteiger partial charge in [-0.15, -0.1) is 5.10 Å². The van der Waals surface area contributed by atoms with E-state index in [1.165, 1.54) is 13.1 Å². The summed E-state index contributed by atoms with van der Waals surface area (Å²) < 4.78 is 27.3. The van der Waals surface area contributed by atoms with E-state index in [-0.39, 0.29) is 16.3 Å². The van der Waals surface area contributed by atoms with Gasteiger partial charge in [-0.2, -0.15) is 8.42 Å². The molecule has 0 atom stereocenters. The van der Waals surface area contributed by atoms with E-state index in [0.29, 0.717) is 0 Å². The number of aromatic nitrogens is 3. The Morgan fingerprint density at radius 3 is 2.60 bits per heavy atom. The quantitative estimate of drug-likeness (QED) is 0.724. The van der Waals surface area contributed by atoms with Crippen LogP contribution in [0.2, 0.25) is 0 Å². The van der Waals surface area contributed by atoms with Crippen LogP contribution in [-0.2, 0) is 17.1 Å². The molecular formula is C10H10N4O5S. The van der Waals surface area contributed by atoms with Gasteiger partial charge in [-0.1, -0.05) is 5.21 Å². The Morgan fingerprint density at radius 2 is 2.10 bits per heavy atom. The number of anilines is 1. The minimum Gasteiger partial charge on any atom is -0.507 e. The van der Waals surface area contributed by atoms with Gasteiger partial charge in [-0.3, -0.25) is 4.72 Å². The summed E-state index contributed by atoms with van der Waals surface area (Å²) in [6.07, 6.45) is 1.06. The normalized spacial score (nSPS) is 11.2. The first kappa shape index (κ1) is 13.8. The summed E-state index contributed by atoms with van der Waals surface area (Å²) in [4.78, 5) is 10.7. The summed E-state index contributed by atoms with van der Waals surface area (Å²) in [5, 5.41) is 25.0. The van der Waals surface area contributed by atoms with Gasteiger partial charge in [0.05, 0.1) is 11.9 Å². The number of carboxylic acids is 1. The molecule has 0 aliphatic carbocycles. The number of aromatic hydroxyl groups is 1. The molecule has 2 rings (SSSR count). The van der Waals surface area contributed by atoms with E-state index in [0.717, 1.165) is 23.0 Å². The highest BCUT2D eigenvalue weighted by Crippen LogP contribution is 2.23. The van der Waals surface area contributed by atoms with Crippen LogP contribution in [0.25, 0.3) is 0 Å². The molecule has 1 aromatic heterocycles. The number of rotatable bonds is 4. The Balaban J connectivity index is 2.33. The van der Waals surface area contributed by atoms with E-state index in [4.69, 9.17) is 5.11 Å². The van der Waals surface area contributed by atoms with Crippen LogP contribution in [0.1, 0.15) is 10.4 Å². The lowest BCUT2D eigenvalue weighted by atomic mass is 10.2. The van der Waals surface area contributed by atoms with Crippen molar-refractivity contribution in [2.24, 2.45) is 7.05 Å². The van der Waals surface area contributed by atoms with Crippen molar-refractivity contribution < 1.29 is 23.4 Å². The highest BCUT2D eigenvalue weighted by molar-refractivity contribution is 7.92. The zero-order valence-corrected chi connectivity index (χ0v) is 11.0. The van der Waals surface area contributed by atoms with Crippen molar-refractivity contribution in [3.8, 4) is 5.75 Å². The van der Waals surface area contributed by atoms with Gasteiger partial charge in [0.1, 0.15) is 11.3 Å². The first-order valence-corrected chi connectivity index (χ1v) is 6.73. The second-order valence-corrected chi connectivity index (χ2v) is 5.47. The molecule has 0 radical (unpaired) electrons. The molecule has 0 saturated carbocycles. The fourth-order valence-electron chi connectivity index (χ4n) is 1.51. The van der Waals surface area contributed by atoms with Crippen molar-refractivity contribution in [2.45, 2.75) is 5.03 Å². The minimum absolute atomic E-state index is 0.0219. The van der Waals surface area contributed by atoms with Crippen LogP contribution < -0.4 is 4.72 Å². The average Bonchev–Trinajstić information content (AvgIpc) is 2.75. The monoisotopic (exact) mass is 298 g/mol. The van der Waals surface area contributed by atoms with Crippen molar-refractivity contribution in [3.05, 3.63) is 30.0 Å². The number of nitrogens with zero attached hydrogens (tertiary/aromatic N) is 3. The number of hydrogen-bond acceptors (Lipinski definition) is 6. The predicted molar refractivity (Wildman–Crippen MR) is 66.9 cm³/mol. The lowest BCUT2D eigenvalue weighted by Crippen LogP contribution is -2.16. The third kappa shape index (κ3) is 2.54. The molecule has 2 aromatic rings. The summed E-state index contributed by atoms with van der Waals surface area (Å²) in [6, 6.07) is 3.33. The smallest absolute Gasteiger partial charge is 0.339 e. The van der Waals surface area contributed by atoms with Crippen molar-refractivity contribution in [1.29, 1.82) is 0 Å². The van der Waals surface area contributed by atoms with Crippen LogP contribution in [0.3, 0.4) is 0 Å². The molecule has 3 N–H and O–H groups in total. The number of hydrogen-bond donors (Lipinski definition) is 3. The van der Waals surface area contributed by atoms with Gasteiger partial charge in [0, 0.05) is 13.1 Å². The van der Waals surface area contributed by atoms with Gasteiger partial charge >= 0.3 is 5.97 Å². The fourth-order valence-corrected chi connectivity index (χ4v) is 2.62. The second kappa shape index (κ2) is 4.81. The zero-order chi connectivity index (χ0) is 14.9. The number of aryl methyl sites for hydroxylation is 1. The largest absolute Gasteiger partial charge is 0.507 e. The highest BCUT2D eigenvalue weighted by atomic mass is 32.2. The third-order valence-corrected chi connectivity index (χ3v) is 3.85. The number of carbonyl (C=O) groups is 1. The number of benzene rings is 1. The molecule has 9 nitrogen and oxygen atoms in total. The van der Waals surface area contributed by atoms with Crippen molar-refractivity contribution in [2.75, 3.05) is 4.72 Å². The maximum Gasteiger partial charge on any atom is 0.339 e. The van der Waals surface area contributed by atoms with E-state index in [1.807, 2.05) is 0 Å². The molecule has 10 heteroatoms. The number of carboxylic acid groups (broad SMARTS) is 1. The molecule has 0 saturated heterocycles. The van der Waals surface area contributed by atoms with Crippen LogP contribution in [0, 0.1) is 0 Å². The van der Waals surface area contributed by atoms with E-state index >= 15 is 0 Å². The number of phenols is 1. The number of sulfonamides is 1. The summed E-state index contributed by atoms with van der Waals surface area (Å²) in [5.74, 6) is -1.85. The number of nitrogens with one attached hydrogen (secondary N) is 1. The maximum absolute atomic E-state index is 12.0. The third-order valence-electron chi connectivity index (χ3n) is 2.43. The lowest BCUT2D eigenvalue weighted by Gasteiger charge is -2.08. The van der Waals surface area contributed by atoms with Gasteiger partial charge in [0.25, 0.3) is 10.0 Å². The molecule has 1 heterocycles. The minimum atomic E-state index is -3.92. The Bertz CT molecular complexity index is 768. The van der Waals surface area contributed by atoms with Crippen LogP contribution in [-0.4, -0.2) is 39.6 Å². The van der Waals surface area contributed by atoms with Crippen molar-refractivity contribution >= 4 is 21.7 Å². The highest BCUT2D eigenvalue weighted by Gasteiger charge is 2.20. The molecule has 0 fully saturated rings. The van der Waals surface area contributed by atoms with Gasteiger partial charge < -0.3 is 10.2 Å². The molecule has 0 aliphatic heterocycles.